The first kappa shape index (κ1) is 17.8. The SMILES string of the molecule is N#C/C(=C/Nc1ccccc1)C(=O)Nc1ccc(Oc2ccccc2)cc1. The van der Waals surface area contributed by atoms with E-state index in [1.54, 1.807) is 24.3 Å². The predicted octanol–water partition coefficient (Wildman–Crippen LogP) is 4.94. The average Bonchev–Trinajstić information content (AvgIpc) is 2.71. The number of anilines is 2. The number of ether oxygens (including phenoxy) is 1. The highest BCUT2D eigenvalue weighted by atomic mass is 16.5. The van der Waals surface area contributed by atoms with Crippen LogP contribution in [0.3, 0.4) is 0 Å². The van der Waals surface area contributed by atoms with E-state index < -0.39 is 5.91 Å². The quantitative estimate of drug-likeness (QED) is 0.485. The van der Waals surface area contributed by atoms with Crippen molar-refractivity contribution in [1.29, 1.82) is 5.26 Å². The van der Waals surface area contributed by atoms with Crippen molar-refractivity contribution in [3.63, 3.8) is 0 Å². The lowest BCUT2D eigenvalue weighted by Gasteiger charge is -2.08. The summed E-state index contributed by atoms with van der Waals surface area (Å²) >= 11 is 0. The van der Waals surface area contributed by atoms with Gasteiger partial charge >= 0.3 is 0 Å². The molecule has 5 heteroatoms. The molecule has 0 aromatic heterocycles. The van der Waals surface area contributed by atoms with Gasteiger partial charge in [-0.15, -0.1) is 0 Å². The van der Waals surface area contributed by atoms with Crippen LogP contribution < -0.4 is 15.4 Å². The number of amides is 1. The predicted molar refractivity (Wildman–Crippen MR) is 105 cm³/mol. The molecule has 0 saturated carbocycles. The summed E-state index contributed by atoms with van der Waals surface area (Å²) in [5, 5.41) is 14.8. The molecule has 0 fully saturated rings. The Balaban J connectivity index is 1.61. The Labute approximate surface area is 157 Å². The molecule has 3 rings (SSSR count). The van der Waals surface area contributed by atoms with Crippen LogP contribution in [0.2, 0.25) is 0 Å². The summed E-state index contributed by atoms with van der Waals surface area (Å²) in [5.41, 5.74) is 1.34. The number of nitrogens with zero attached hydrogens (tertiary/aromatic N) is 1. The van der Waals surface area contributed by atoms with Crippen LogP contribution in [0.25, 0.3) is 0 Å². The molecule has 0 saturated heterocycles. The fraction of sp³-hybridized carbons (Fsp3) is 0. The molecule has 132 valence electrons. The van der Waals surface area contributed by atoms with Crippen LogP contribution in [0.1, 0.15) is 0 Å². The summed E-state index contributed by atoms with van der Waals surface area (Å²) in [6, 6.07) is 27.6. The van der Waals surface area contributed by atoms with Crippen LogP contribution in [-0.2, 0) is 4.79 Å². The molecule has 27 heavy (non-hydrogen) atoms. The highest BCUT2D eigenvalue weighted by Crippen LogP contribution is 2.22. The van der Waals surface area contributed by atoms with Crippen LogP contribution in [-0.4, -0.2) is 5.91 Å². The van der Waals surface area contributed by atoms with Crippen LogP contribution in [0, 0.1) is 11.3 Å². The monoisotopic (exact) mass is 355 g/mol. The molecule has 1 amide bonds. The van der Waals surface area contributed by atoms with E-state index in [4.69, 9.17) is 4.74 Å². The molecule has 0 radical (unpaired) electrons. The number of rotatable bonds is 6. The zero-order valence-corrected chi connectivity index (χ0v) is 14.4. The Bertz CT molecular complexity index is 960. The van der Waals surface area contributed by atoms with Crippen molar-refractivity contribution in [2.24, 2.45) is 0 Å². The molecule has 2 N–H and O–H groups in total. The summed E-state index contributed by atoms with van der Waals surface area (Å²) < 4.78 is 5.71. The zero-order valence-electron chi connectivity index (χ0n) is 14.4. The molecular weight excluding hydrogens is 338 g/mol. The van der Waals surface area contributed by atoms with Crippen molar-refractivity contribution in [3.05, 3.63) is 96.7 Å². The number of nitriles is 1. The van der Waals surface area contributed by atoms with Gasteiger partial charge in [-0.25, -0.2) is 0 Å². The van der Waals surface area contributed by atoms with Gasteiger partial charge in [-0.3, -0.25) is 4.79 Å². The van der Waals surface area contributed by atoms with Gasteiger partial charge in [0, 0.05) is 17.6 Å². The first-order chi connectivity index (χ1) is 13.2. The molecule has 0 bridgehead atoms. The van der Waals surface area contributed by atoms with Gasteiger partial charge in [0.1, 0.15) is 23.1 Å². The smallest absolute Gasteiger partial charge is 0.267 e. The van der Waals surface area contributed by atoms with Gasteiger partial charge < -0.3 is 15.4 Å². The second-order valence-corrected chi connectivity index (χ2v) is 5.57. The standard InChI is InChI=1S/C22H17N3O2/c23-15-17(16-24-18-7-3-1-4-8-18)22(26)25-19-11-13-21(14-12-19)27-20-9-5-2-6-10-20/h1-14,16,24H,(H,25,26)/b17-16-. The molecule has 0 aliphatic heterocycles. The van der Waals surface area contributed by atoms with E-state index in [9.17, 15) is 10.1 Å². The van der Waals surface area contributed by atoms with E-state index >= 15 is 0 Å². The molecule has 0 heterocycles. The van der Waals surface area contributed by atoms with E-state index in [0.29, 0.717) is 11.4 Å². The van der Waals surface area contributed by atoms with E-state index in [-0.39, 0.29) is 5.57 Å². The Hall–Kier alpha value is -4.04. The summed E-state index contributed by atoms with van der Waals surface area (Å²) in [6.07, 6.45) is 1.39. The molecule has 0 aliphatic carbocycles. The maximum atomic E-state index is 12.3. The van der Waals surface area contributed by atoms with Crippen LogP contribution in [0.4, 0.5) is 11.4 Å². The van der Waals surface area contributed by atoms with Crippen LogP contribution in [0.15, 0.2) is 96.7 Å². The summed E-state index contributed by atoms with van der Waals surface area (Å²) in [4.78, 5) is 12.3. The van der Waals surface area contributed by atoms with E-state index in [0.717, 1.165) is 11.4 Å². The van der Waals surface area contributed by atoms with Crippen molar-refractivity contribution < 1.29 is 9.53 Å². The maximum Gasteiger partial charge on any atom is 0.267 e. The van der Waals surface area contributed by atoms with Crippen molar-refractivity contribution in [2.45, 2.75) is 0 Å². The lowest BCUT2D eigenvalue weighted by Crippen LogP contribution is -2.14. The number of carbonyl (C=O) groups is 1. The minimum atomic E-state index is -0.488. The van der Waals surface area contributed by atoms with E-state index in [1.807, 2.05) is 66.7 Å². The third kappa shape index (κ3) is 5.21. The number of para-hydroxylation sites is 2. The number of benzene rings is 3. The van der Waals surface area contributed by atoms with Gasteiger partial charge in [0.25, 0.3) is 5.91 Å². The maximum absolute atomic E-state index is 12.3. The number of nitrogens with one attached hydrogen (secondary N) is 2. The highest BCUT2D eigenvalue weighted by Gasteiger charge is 2.09. The lowest BCUT2D eigenvalue weighted by molar-refractivity contribution is -0.112. The first-order valence-corrected chi connectivity index (χ1v) is 8.31. The van der Waals surface area contributed by atoms with Crippen LogP contribution in [0.5, 0.6) is 11.5 Å². The fourth-order valence-electron chi connectivity index (χ4n) is 2.27. The number of hydrogen-bond acceptors (Lipinski definition) is 4. The van der Waals surface area contributed by atoms with Gasteiger partial charge in [0.15, 0.2) is 0 Å². The molecule has 0 aliphatic rings. The van der Waals surface area contributed by atoms with E-state index in [2.05, 4.69) is 10.6 Å². The number of hydrogen-bond donors (Lipinski definition) is 2. The molecule has 5 nitrogen and oxygen atoms in total. The van der Waals surface area contributed by atoms with Gasteiger partial charge in [0.2, 0.25) is 0 Å². The topological polar surface area (TPSA) is 74.2 Å². The molecule has 3 aromatic carbocycles. The largest absolute Gasteiger partial charge is 0.457 e. The Morgan fingerprint density at radius 1 is 0.815 bits per heavy atom. The normalized spacial score (nSPS) is 10.6. The van der Waals surface area contributed by atoms with Crippen molar-refractivity contribution in [3.8, 4) is 17.6 Å². The van der Waals surface area contributed by atoms with Crippen molar-refractivity contribution in [2.75, 3.05) is 10.6 Å². The van der Waals surface area contributed by atoms with Crippen molar-refractivity contribution in [1.82, 2.24) is 0 Å². The molecular formula is C22H17N3O2. The Kier molecular flexibility index (Phi) is 5.85. The Morgan fingerprint density at radius 2 is 1.41 bits per heavy atom. The van der Waals surface area contributed by atoms with Gasteiger partial charge in [0.05, 0.1) is 0 Å². The van der Waals surface area contributed by atoms with Gasteiger partial charge in [-0.05, 0) is 48.5 Å². The zero-order chi connectivity index (χ0) is 18.9. The Morgan fingerprint density at radius 3 is 2.04 bits per heavy atom. The first-order valence-electron chi connectivity index (χ1n) is 8.31. The minimum Gasteiger partial charge on any atom is -0.457 e. The molecule has 0 atom stereocenters. The van der Waals surface area contributed by atoms with Crippen molar-refractivity contribution >= 4 is 17.3 Å². The second kappa shape index (κ2) is 8.88. The molecule has 0 spiro atoms. The molecule has 0 unspecified atom stereocenters. The third-order valence-corrected chi connectivity index (χ3v) is 3.61. The molecule has 3 aromatic rings. The summed E-state index contributed by atoms with van der Waals surface area (Å²) in [5.74, 6) is 0.898. The highest BCUT2D eigenvalue weighted by molar-refractivity contribution is 6.06. The van der Waals surface area contributed by atoms with Gasteiger partial charge in [-0.2, -0.15) is 5.26 Å². The third-order valence-electron chi connectivity index (χ3n) is 3.61. The summed E-state index contributed by atoms with van der Waals surface area (Å²) in [7, 11) is 0. The number of carbonyl (C=O) groups excluding carboxylic acids is 1. The fourth-order valence-corrected chi connectivity index (χ4v) is 2.27. The second-order valence-electron chi connectivity index (χ2n) is 5.57. The summed E-state index contributed by atoms with van der Waals surface area (Å²) in [6.45, 7) is 0. The lowest BCUT2D eigenvalue weighted by atomic mass is 10.2. The average molecular weight is 355 g/mol. The minimum absolute atomic E-state index is 0.0246. The van der Waals surface area contributed by atoms with E-state index in [1.165, 1.54) is 6.20 Å². The van der Waals surface area contributed by atoms with Gasteiger partial charge in [-0.1, -0.05) is 36.4 Å². The van der Waals surface area contributed by atoms with Crippen LogP contribution >= 0.6 is 0 Å².